The first-order chi connectivity index (χ1) is 10.0. The minimum Gasteiger partial charge on any atom is -0.385 e. The minimum atomic E-state index is 0.150. The van der Waals surface area contributed by atoms with E-state index in [2.05, 4.69) is 44.2 Å². The average Bonchev–Trinajstić information content (AvgIpc) is 2.47. The molecule has 21 heavy (non-hydrogen) atoms. The number of carbonyl (C=O) groups is 1. The van der Waals surface area contributed by atoms with E-state index in [4.69, 9.17) is 0 Å². The molecule has 1 fully saturated rings. The van der Waals surface area contributed by atoms with Crippen molar-refractivity contribution >= 4 is 11.6 Å². The van der Waals surface area contributed by atoms with E-state index in [-0.39, 0.29) is 5.91 Å². The molecule has 0 radical (unpaired) electrons. The normalized spacial score (nSPS) is 18.9. The van der Waals surface area contributed by atoms with Crippen LogP contribution in [-0.2, 0) is 0 Å². The molecule has 1 unspecified atom stereocenters. The van der Waals surface area contributed by atoms with Gasteiger partial charge in [0.1, 0.15) is 0 Å². The number of hydrogen-bond acceptors (Lipinski definition) is 3. The first-order valence-corrected chi connectivity index (χ1v) is 7.83. The van der Waals surface area contributed by atoms with E-state index >= 15 is 0 Å². The maximum Gasteiger partial charge on any atom is 0.256 e. The third-order valence-electron chi connectivity index (χ3n) is 4.19. The molecular formula is C17H27N3O. The van der Waals surface area contributed by atoms with Crippen molar-refractivity contribution in [3.63, 3.8) is 0 Å². The topological polar surface area (TPSA) is 35.6 Å². The lowest BCUT2D eigenvalue weighted by molar-refractivity contribution is 0.0636. The van der Waals surface area contributed by atoms with Crippen LogP contribution in [0.5, 0.6) is 0 Å². The molecule has 1 atom stereocenters. The van der Waals surface area contributed by atoms with Gasteiger partial charge in [-0.3, -0.25) is 4.79 Å². The fraction of sp³-hybridized carbons (Fsp3) is 0.588. The first-order valence-electron chi connectivity index (χ1n) is 7.83. The van der Waals surface area contributed by atoms with Gasteiger partial charge in [-0.25, -0.2) is 0 Å². The molecule has 2 rings (SSSR count). The molecule has 0 spiro atoms. The van der Waals surface area contributed by atoms with Crippen LogP contribution >= 0.6 is 0 Å². The second kappa shape index (κ2) is 6.94. The summed E-state index contributed by atoms with van der Waals surface area (Å²) in [6.07, 6.45) is 2.25. The lowest BCUT2D eigenvalue weighted by Crippen LogP contribution is -2.47. The van der Waals surface area contributed by atoms with Crippen LogP contribution in [0, 0.1) is 6.92 Å². The fourth-order valence-electron chi connectivity index (χ4n) is 2.91. The van der Waals surface area contributed by atoms with E-state index in [1.807, 2.05) is 17.0 Å². The smallest absolute Gasteiger partial charge is 0.256 e. The molecule has 1 aromatic carbocycles. The van der Waals surface area contributed by atoms with E-state index in [9.17, 15) is 4.79 Å². The van der Waals surface area contributed by atoms with Crippen LogP contribution in [0.25, 0.3) is 0 Å². The molecule has 1 aliphatic rings. The number of nitrogens with zero attached hydrogens (tertiary/aromatic N) is 2. The Morgan fingerprint density at radius 2 is 2.19 bits per heavy atom. The van der Waals surface area contributed by atoms with Gasteiger partial charge in [0.25, 0.3) is 5.91 Å². The van der Waals surface area contributed by atoms with Crippen LogP contribution in [0.2, 0.25) is 0 Å². The Labute approximate surface area is 128 Å². The third-order valence-corrected chi connectivity index (χ3v) is 4.19. The van der Waals surface area contributed by atoms with Gasteiger partial charge in [0.05, 0.1) is 5.56 Å². The lowest BCUT2D eigenvalue weighted by Gasteiger charge is -2.36. The van der Waals surface area contributed by atoms with Crippen molar-refractivity contribution in [1.29, 1.82) is 0 Å². The van der Waals surface area contributed by atoms with Crippen LogP contribution in [0.3, 0.4) is 0 Å². The van der Waals surface area contributed by atoms with Crippen LogP contribution < -0.4 is 5.32 Å². The SMILES string of the molecule is CCNc1cc(C)ccc1C(=O)N1CCCC(N(C)C)C1. The highest BCUT2D eigenvalue weighted by Crippen LogP contribution is 2.22. The van der Waals surface area contributed by atoms with Gasteiger partial charge in [0.2, 0.25) is 0 Å². The molecule has 116 valence electrons. The van der Waals surface area contributed by atoms with Crippen LogP contribution in [0.15, 0.2) is 18.2 Å². The molecule has 1 aromatic rings. The molecule has 1 N–H and O–H groups in total. The van der Waals surface area contributed by atoms with E-state index in [1.165, 1.54) is 12.0 Å². The van der Waals surface area contributed by atoms with Gasteiger partial charge in [-0.1, -0.05) is 6.07 Å². The molecule has 0 aliphatic carbocycles. The molecule has 4 nitrogen and oxygen atoms in total. The highest BCUT2D eigenvalue weighted by molar-refractivity contribution is 5.99. The highest BCUT2D eigenvalue weighted by Gasteiger charge is 2.26. The van der Waals surface area contributed by atoms with Crippen molar-refractivity contribution in [3.05, 3.63) is 29.3 Å². The number of piperidine rings is 1. The predicted molar refractivity (Wildman–Crippen MR) is 88.0 cm³/mol. The van der Waals surface area contributed by atoms with Gasteiger partial charge in [0, 0.05) is 31.4 Å². The number of amides is 1. The van der Waals surface area contributed by atoms with Crippen molar-refractivity contribution in [2.24, 2.45) is 0 Å². The Hall–Kier alpha value is -1.55. The number of rotatable bonds is 4. The molecule has 0 aromatic heterocycles. The number of aryl methyl sites for hydroxylation is 1. The number of anilines is 1. The summed E-state index contributed by atoms with van der Waals surface area (Å²) in [5, 5.41) is 3.31. The molecule has 1 saturated heterocycles. The van der Waals surface area contributed by atoms with Crippen molar-refractivity contribution in [2.45, 2.75) is 32.7 Å². The molecule has 1 heterocycles. The number of benzene rings is 1. The van der Waals surface area contributed by atoms with Gasteiger partial charge in [-0.05, 0) is 58.5 Å². The molecular weight excluding hydrogens is 262 g/mol. The molecule has 1 aliphatic heterocycles. The van der Waals surface area contributed by atoms with E-state index < -0.39 is 0 Å². The quantitative estimate of drug-likeness (QED) is 0.925. The first kappa shape index (κ1) is 15.8. The maximum atomic E-state index is 12.8. The molecule has 4 heteroatoms. The number of carbonyl (C=O) groups excluding carboxylic acids is 1. The lowest BCUT2D eigenvalue weighted by atomic mass is 10.0. The van der Waals surface area contributed by atoms with E-state index in [1.54, 1.807) is 0 Å². The monoisotopic (exact) mass is 289 g/mol. The Morgan fingerprint density at radius 3 is 2.86 bits per heavy atom. The summed E-state index contributed by atoms with van der Waals surface area (Å²) >= 11 is 0. The minimum absolute atomic E-state index is 0.150. The van der Waals surface area contributed by atoms with Crippen molar-refractivity contribution in [1.82, 2.24) is 9.80 Å². The van der Waals surface area contributed by atoms with Gasteiger partial charge in [-0.15, -0.1) is 0 Å². The van der Waals surface area contributed by atoms with Crippen LogP contribution in [0.1, 0.15) is 35.7 Å². The Morgan fingerprint density at radius 1 is 1.43 bits per heavy atom. The zero-order valence-electron chi connectivity index (χ0n) is 13.6. The summed E-state index contributed by atoms with van der Waals surface area (Å²) in [5.41, 5.74) is 2.92. The summed E-state index contributed by atoms with van der Waals surface area (Å²) in [5.74, 6) is 0.150. The Bertz CT molecular complexity index is 499. The van der Waals surface area contributed by atoms with Crippen molar-refractivity contribution in [3.8, 4) is 0 Å². The standard InChI is InChI=1S/C17H27N3O/c1-5-18-16-11-13(2)8-9-15(16)17(21)20-10-6-7-14(12-20)19(3)4/h8-9,11,14,18H,5-7,10,12H2,1-4H3. The zero-order valence-corrected chi connectivity index (χ0v) is 13.6. The summed E-state index contributed by atoms with van der Waals surface area (Å²) in [7, 11) is 4.18. The van der Waals surface area contributed by atoms with E-state index in [0.29, 0.717) is 6.04 Å². The van der Waals surface area contributed by atoms with Gasteiger partial charge < -0.3 is 15.1 Å². The van der Waals surface area contributed by atoms with Gasteiger partial charge >= 0.3 is 0 Å². The van der Waals surface area contributed by atoms with Gasteiger partial charge in [0.15, 0.2) is 0 Å². The largest absolute Gasteiger partial charge is 0.385 e. The van der Waals surface area contributed by atoms with E-state index in [0.717, 1.165) is 37.3 Å². The van der Waals surface area contributed by atoms with Gasteiger partial charge in [-0.2, -0.15) is 0 Å². The number of nitrogens with one attached hydrogen (secondary N) is 1. The van der Waals surface area contributed by atoms with Crippen molar-refractivity contribution < 1.29 is 4.79 Å². The number of likely N-dealkylation sites (N-methyl/N-ethyl adjacent to an activating group) is 1. The third kappa shape index (κ3) is 3.76. The summed E-state index contributed by atoms with van der Waals surface area (Å²) in [6, 6.07) is 6.50. The number of likely N-dealkylation sites (tertiary alicyclic amines) is 1. The molecule has 0 saturated carbocycles. The zero-order chi connectivity index (χ0) is 15.4. The predicted octanol–water partition coefficient (Wildman–Crippen LogP) is 2.59. The fourth-order valence-corrected chi connectivity index (χ4v) is 2.91. The molecule has 1 amide bonds. The van der Waals surface area contributed by atoms with Crippen LogP contribution in [0.4, 0.5) is 5.69 Å². The Balaban J connectivity index is 2.19. The maximum absolute atomic E-state index is 12.8. The summed E-state index contributed by atoms with van der Waals surface area (Å²) < 4.78 is 0. The second-order valence-corrected chi connectivity index (χ2v) is 6.09. The summed E-state index contributed by atoms with van der Waals surface area (Å²) in [6.45, 7) is 6.62. The molecule has 0 bridgehead atoms. The van der Waals surface area contributed by atoms with Crippen LogP contribution in [-0.4, -0.2) is 55.5 Å². The highest BCUT2D eigenvalue weighted by atomic mass is 16.2. The summed E-state index contributed by atoms with van der Waals surface area (Å²) in [4.78, 5) is 17.1. The average molecular weight is 289 g/mol. The number of hydrogen-bond donors (Lipinski definition) is 1. The Kier molecular flexibility index (Phi) is 5.23. The second-order valence-electron chi connectivity index (χ2n) is 6.09. The van der Waals surface area contributed by atoms with Crippen molar-refractivity contribution in [2.75, 3.05) is 39.0 Å².